The van der Waals surface area contributed by atoms with Crippen molar-refractivity contribution >= 4 is 23.2 Å². The molecule has 0 saturated carbocycles. The van der Waals surface area contributed by atoms with Crippen molar-refractivity contribution < 1.29 is 4.79 Å². The number of rotatable bonds is 2. The number of hydrogen-bond donors (Lipinski definition) is 1. The topological polar surface area (TPSA) is 71.6 Å². The number of aliphatic imine (C=N–C) groups is 1. The normalized spacial score (nSPS) is 20.1. The smallest absolute Gasteiger partial charge is 0.231 e. The highest BCUT2D eigenvalue weighted by molar-refractivity contribution is 7.12. The molecule has 0 spiro atoms. The van der Waals surface area contributed by atoms with Crippen molar-refractivity contribution in [2.75, 3.05) is 7.05 Å². The molecule has 25 heavy (non-hydrogen) atoms. The van der Waals surface area contributed by atoms with Gasteiger partial charge in [-0.05, 0) is 38.5 Å². The predicted molar refractivity (Wildman–Crippen MR) is 101 cm³/mol. The molecule has 0 aromatic carbocycles. The maximum Gasteiger partial charge on any atom is 0.231 e. The van der Waals surface area contributed by atoms with Crippen LogP contribution in [0.5, 0.6) is 0 Å². The first-order valence-electron chi connectivity index (χ1n) is 7.95. The quantitative estimate of drug-likeness (QED) is 0.845. The number of aryl methyl sites for hydroxylation is 1. The van der Waals surface area contributed by atoms with Gasteiger partial charge in [0.05, 0.1) is 6.42 Å². The van der Waals surface area contributed by atoms with Crippen molar-refractivity contribution in [1.29, 1.82) is 0 Å². The van der Waals surface area contributed by atoms with E-state index in [1.165, 1.54) is 4.90 Å². The number of nitrogens with two attached hydrogens (primary N) is 1. The van der Waals surface area contributed by atoms with Gasteiger partial charge in [-0.25, -0.2) is 4.99 Å². The first-order valence-corrected chi connectivity index (χ1v) is 8.76. The molecule has 0 bridgehead atoms. The highest BCUT2D eigenvalue weighted by Gasteiger charge is 2.37. The molecule has 1 aliphatic heterocycles. The van der Waals surface area contributed by atoms with E-state index in [9.17, 15) is 4.79 Å². The Kier molecular flexibility index (Phi) is 4.36. The molecule has 1 atom stereocenters. The van der Waals surface area contributed by atoms with Crippen LogP contribution in [-0.2, 0) is 10.3 Å². The third-order valence-corrected chi connectivity index (χ3v) is 5.65. The zero-order valence-corrected chi connectivity index (χ0v) is 15.6. The maximum absolute atomic E-state index is 12.2. The summed E-state index contributed by atoms with van der Waals surface area (Å²) in [4.78, 5) is 24.7. The summed E-state index contributed by atoms with van der Waals surface area (Å²) in [5.74, 6) is 6.16. The maximum atomic E-state index is 12.2. The number of carbonyl (C=O) groups is 1. The van der Waals surface area contributed by atoms with Gasteiger partial charge >= 0.3 is 0 Å². The third-order valence-electron chi connectivity index (χ3n) is 4.34. The lowest BCUT2D eigenvalue weighted by Crippen LogP contribution is -2.47. The molecule has 0 unspecified atom stereocenters. The van der Waals surface area contributed by atoms with E-state index < -0.39 is 5.54 Å². The summed E-state index contributed by atoms with van der Waals surface area (Å²) >= 11 is 1.64. The summed E-state index contributed by atoms with van der Waals surface area (Å²) in [6.45, 7) is 5.83. The van der Waals surface area contributed by atoms with Gasteiger partial charge in [-0.3, -0.25) is 14.7 Å². The number of aromatic nitrogens is 1. The fourth-order valence-electron chi connectivity index (χ4n) is 2.88. The van der Waals surface area contributed by atoms with Gasteiger partial charge < -0.3 is 5.73 Å². The summed E-state index contributed by atoms with van der Waals surface area (Å²) < 4.78 is 0. The van der Waals surface area contributed by atoms with E-state index in [2.05, 4.69) is 34.8 Å². The Labute approximate surface area is 151 Å². The second-order valence-corrected chi connectivity index (χ2v) is 7.55. The lowest BCUT2D eigenvalue weighted by Gasteiger charge is -2.32. The molecular formula is C19H20N4OS. The second kappa shape index (κ2) is 6.34. The van der Waals surface area contributed by atoms with Crippen molar-refractivity contribution in [3.63, 3.8) is 0 Å². The van der Waals surface area contributed by atoms with Crippen LogP contribution in [0.1, 0.15) is 35.6 Å². The highest BCUT2D eigenvalue weighted by Crippen LogP contribution is 2.41. The van der Waals surface area contributed by atoms with Gasteiger partial charge in [-0.2, -0.15) is 0 Å². The molecule has 128 valence electrons. The minimum absolute atomic E-state index is 0.0236. The molecule has 2 aromatic rings. The van der Waals surface area contributed by atoms with Gasteiger partial charge in [0.15, 0.2) is 5.96 Å². The highest BCUT2D eigenvalue weighted by atomic mass is 32.1. The Morgan fingerprint density at radius 3 is 2.80 bits per heavy atom. The van der Waals surface area contributed by atoms with Crippen LogP contribution in [0.2, 0.25) is 0 Å². The summed E-state index contributed by atoms with van der Waals surface area (Å²) in [5, 5.41) is 0. The molecule has 3 rings (SSSR count). The van der Waals surface area contributed by atoms with E-state index in [4.69, 9.17) is 5.73 Å². The van der Waals surface area contributed by atoms with Crippen LogP contribution in [0.15, 0.2) is 29.5 Å². The molecule has 2 N–H and O–H groups in total. The monoisotopic (exact) mass is 352 g/mol. The fourth-order valence-corrected chi connectivity index (χ4v) is 4.02. The first-order chi connectivity index (χ1) is 11.8. The largest absolute Gasteiger partial charge is 0.369 e. The number of thiophene rings is 1. The standard InChI is InChI=1S/C19H20N4OS/c1-5-6-13-7-14(11-21-10-13)15-8-16(25-12(15)2)19(3)9-17(24)23(4)18(20)22-19/h7-8,10-11H,9H2,1-4H3,(H2,20,22)/t19-/m0/s1. The van der Waals surface area contributed by atoms with E-state index in [-0.39, 0.29) is 11.9 Å². The number of carbonyl (C=O) groups excluding carboxylic acids is 1. The van der Waals surface area contributed by atoms with Crippen molar-refractivity contribution in [3.8, 4) is 23.0 Å². The van der Waals surface area contributed by atoms with Crippen LogP contribution >= 0.6 is 11.3 Å². The van der Waals surface area contributed by atoms with Crippen LogP contribution in [0, 0.1) is 18.8 Å². The van der Waals surface area contributed by atoms with Gasteiger partial charge in [0.25, 0.3) is 0 Å². The predicted octanol–water partition coefficient (Wildman–Crippen LogP) is 2.88. The molecule has 0 aliphatic carbocycles. The van der Waals surface area contributed by atoms with E-state index in [0.29, 0.717) is 6.42 Å². The Hall–Kier alpha value is -2.65. The molecule has 0 fully saturated rings. The van der Waals surface area contributed by atoms with Gasteiger partial charge in [-0.1, -0.05) is 5.92 Å². The van der Waals surface area contributed by atoms with Crippen LogP contribution in [-0.4, -0.2) is 28.8 Å². The molecule has 1 aliphatic rings. The van der Waals surface area contributed by atoms with Crippen LogP contribution in [0.3, 0.4) is 0 Å². The molecule has 6 heteroatoms. The SMILES string of the molecule is CC#Cc1cncc(-c2cc([C@]3(C)CC(=O)N(C)C(N)=N3)sc2C)c1. The molecular weight excluding hydrogens is 332 g/mol. The Balaban J connectivity index is 2.05. The summed E-state index contributed by atoms with van der Waals surface area (Å²) in [5.41, 5.74) is 8.29. The number of amides is 1. The third kappa shape index (κ3) is 3.15. The van der Waals surface area contributed by atoms with Crippen molar-refractivity contribution in [1.82, 2.24) is 9.88 Å². The molecule has 0 radical (unpaired) electrons. The average molecular weight is 352 g/mol. The van der Waals surface area contributed by atoms with E-state index in [1.807, 2.05) is 19.2 Å². The first kappa shape index (κ1) is 17.2. The molecule has 5 nitrogen and oxygen atoms in total. The van der Waals surface area contributed by atoms with E-state index in [1.54, 1.807) is 31.5 Å². The summed E-state index contributed by atoms with van der Waals surface area (Å²) in [7, 11) is 1.65. The van der Waals surface area contributed by atoms with Crippen LogP contribution in [0.25, 0.3) is 11.1 Å². The fraction of sp³-hybridized carbons (Fsp3) is 0.316. The van der Waals surface area contributed by atoms with Crippen LogP contribution in [0.4, 0.5) is 0 Å². The Morgan fingerprint density at radius 1 is 1.36 bits per heavy atom. The van der Waals surface area contributed by atoms with Gasteiger partial charge in [-0.15, -0.1) is 17.3 Å². The van der Waals surface area contributed by atoms with Gasteiger partial charge in [0.2, 0.25) is 5.91 Å². The molecule has 2 aromatic heterocycles. The number of hydrogen-bond acceptors (Lipinski definition) is 5. The molecule has 1 amide bonds. The minimum Gasteiger partial charge on any atom is -0.369 e. The molecule has 0 saturated heterocycles. The average Bonchev–Trinajstić information content (AvgIpc) is 2.96. The summed E-state index contributed by atoms with van der Waals surface area (Å²) in [6.07, 6.45) is 3.90. The van der Waals surface area contributed by atoms with Gasteiger partial charge in [0.1, 0.15) is 5.54 Å². The van der Waals surface area contributed by atoms with Crippen molar-refractivity contribution in [2.24, 2.45) is 10.7 Å². The Morgan fingerprint density at radius 2 is 2.12 bits per heavy atom. The number of guanidine groups is 1. The molecule has 3 heterocycles. The number of nitrogens with zero attached hydrogens (tertiary/aromatic N) is 3. The van der Waals surface area contributed by atoms with Crippen molar-refractivity contribution in [3.05, 3.63) is 39.8 Å². The number of pyridine rings is 1. The van der Waals surface area contributed by atoms with Gasteiger partial charge in [0, 0.05) is 40.3 Å². The lowest BCUT2D eigenvalue weighted by atomic mass is 9.93. The van der Waals surface area contributed by atoms with Crippen molar-refractivity contribution in [2.45, 2.75) is 32.7 Å². The zero-order valence-electron chi connectivity index (χ0n) is 14.8. The van der Waals surface area contributed by atoms with E-state index in [0.717, 1.165) is 26.4 Å². The van der Waals surface area contributed by atoms with E-state index >= 15 is 0 Å². The lowest BCUT2D eigenvalue weighted by molar-refractivity contribution is -0.128. The minimum atomic E-state index is -0.629. The van der Waals surface area contributed by atoms with Crippen LogP contribution < -0.4 is 5.73 Å². The second-order valence-electron chi connectivity index (χ2n) is 6.29. The zero-order chi connectivity index (χ0) is 18.2. The Bertz CT molecular complexity index is 934. The summed E-state index contributed by atoms with van der Waals surface area (Å²) in [6, 6.07) is 4.12.